The van der Waals surface area contributed by atoms with Crippen LogP contribution in [-0.2, 0) is 6.42 Å². The summed E-state index contributed by atoms with van der Waals surface area (Å²) in [7, 11) is -0.879. The van der Waals surface area contributed by atoms with E-state index in [-0.39, 0.29) is 0 Å². The van der Waals surface area contributed by atoms with Crippen molar-refractivity contribution < 1.29 is 0 Å². The van der Waals surface area contributed by atoms with Crippen molar-refractivity contribution in [2.75, 3.05) is 12.5 Å². The van der Waals surface area contributed by atoms with E-state index in [0.717, 1.165) is 0 Å². The molecule has 0 amide bonds. The van der Waals surface area contributed by atoms with Gasteiger partial charge >= 0.3 is 0 Å². The molecule has 25 heavy (non-hydrogen) atoms. The van der Waals surface area contributed by atoms with Crippen LogP contribution in [-0.4, -0.2) is 12.5 Å². The number of benzene rings is 3. The molecule has 0 radical (unpaired) electrons. The normalized spacial score (nSPS) is 19.4. The van der Waals surface area contributed by atoms with Gasteiger partial charge in [-0.2, -0.15) is 0 Å². The van der Waals surface area contributed by atoms with E-state index >= 15 is 0 Å². The second-order valence-corrected chi connectivity index (χ2v) is 11.8. The number of aryl methyl sites for hydroxylation is 1. The lowest BCUT2D eigenvalue weighted by molar-refractivity contribution is 0.873. The molecule has 1 atom stereocenters. The van der Waals surface area contributed by atoms with Crippen molar-refractivity contribution in [3.8, 4) is 11.1 Å². The number of rotatable bonds is 2. The first-order chi connectivity index (χ1) is 12.2. The van der Waals surface area contributed by atoms with Crippen LogP contribution < -0.4 is 0 Å². The summed E-state index contributed by atoms with van der Waals surface area (Å²) in [4.78, 5) is 0. The standard InChI is InChI=1S/C24H24S/c1-25(2,23-16-15-17-9-3-4-10-18(17)23)24-21-13-7-5-11-19(21)20-12-6-8-14-22(20)24/h3-14,23-24H,15-16H2,1-2H3. The molecule has 0 spiro atoms. The van der Waals surface area contributed by atoms with Crippen LogP contribution in [0.15, 0.2) is 72.8 Å². The molecule has 126 valence electrons. The molecule has 0 heterocycles. The average Bonchev–Trinajstić information content (AvgIpc) is 3.22. The Hall–Kier alpha value is -1.99. The van der Waals surface area contributed by atoms with E-state index in [2.05, 4.69) is 85.3 Å². The van der Waals surface area contributed by atoms with Crippen LogP contribution in [0.4, 0.5) is 0 Å². The van der Waals surface area contributed by atoms with Crippen molar-refractivity contribution in [3.63, 3.8) is 0 Å². The highest BCUT2D eigenvalue weighted by Gasteiger charge is 2.42. The Morgan fingerprint density at radius 2 is 1.20 bits per heavy atom. The number of hydrogen-bond donors (Lipinski definition) is 0. The molecule has 1 unspecified atom stereocenters. The lowest BCUT2D eigenvalue weighted by Crippen LogP contribution is -2.14. The fourth-order valence-corrected chi connectivity index (χ4v) is 8.74. The summed E-state index contributed by atoms with van der Waals surface area (Å²) in [5, 5.41) is 1.25. The van der Waals surface area contributed by atoms with Crippen molar-refractivity contribution in [1.82, 2.24) is 0 Å². The summed E-state index contributed by atoms with van der Waals surface area (Å²) in [6.45, 7) is 0. The molecule has 0 aliphatic heterocycles. The molecule has 0 aromatic heterocycles. The van der Waals surface area contributed by atoms with Crippen LogP contribution in [0.2, 0.25) is 0 Å². The molecule has 0 nitrogen and oxygen atoms in total. The van der Waals surface area contributed by atoms with Crippen LogP contribution in [0.5, 0.6) is 0 Å². The predicted molar refractivity (Wildman–Crippen MR) is 111 cm³/mol. The second-order valence-electron chi connectivity index (χ2n) is 7.77. The van der Waals surface area contributed by atoms with Crippen molar-refractivity contribution >= 4 is 10.0 Å². The van der Waals surface area contributed by atoms with Gasteiger partial charge in [-0.05, 0) is 58.7 Å². The van der Waals surface area contributed by atoms with Crippen LogP contribution in [0.25, 0.3) is 11.1 Å². The Labute approximate surface area is 152 Å². The zero-order valence-electron chi connectivity index (χ0n) is 14.9. The number of fused-ring (bicyclic) bond motifs is 4. The lowest BCUT2D eigenvalue weighted by atomic mass is 10.1. The van der Waals surface area contributed by atoms with Crippen LogP contribution >= 0.6 is 10.0 Å². The van der Waals surface area contributed by atoms with Crippen LogP contribution in [0.3, 0.4) is 0 Å². The van der Waals surface area contributed by atoms with Gasteiger partial charge < -0.3 is 0 Å². The second kappa shape index (κ2) is 5.51. The van der Waals surface area contributed by atoms with Gasteiger partial charge in [0.15, 0.2) is 0 Å². The Morgan fingerprint density at radius 1 is 0.680 bits per heavy atom. The summed E-state index contributed by atoms with van der Waals surface area (Å²) in [5.74, 6) is 0. The summed E-state index contributed by atoms with van der Waals surface area (Å²) in [6, 6.07) is 27.3. The third-order valence-electron chi connectivity index (χ3n) is 6.20. The SMILES string of the molecule is CS(C)(C1CCc2ccccc21)C1c2ccccc2-c2ccccc21. The van der Waals surface area contributed by atoms with Crippen molar-refractivity contribution in [2.24, 2.45) is 0 Å². The van der Waals surface area contributed by atoms with Gasteiger partial charge in [-0.3, -0.25) is 0 Å². The molecule has 0 bridgehead atoms. The van der Waals surface area contributed by atoms with Gasteiger partial charge in [-0.1, -0.05) is 72.8 Å². The molecule has 2 aliphatic rings. The zero-order chi connectivity index (χ0) is 17.0. The Bertz CT molecular complexity index is 908. The molecular weight excluding hydrogens is 320 g/mol. The highest BCUT2D eigenvalue weighted by atomic mass is 32.3. The molecule has 5 rings (SSSR count). The highest BCUT2D eigenvalue weighted by Crippen LogP contribution is 2.72. The molecule has 0 fully saturated rings. The van der Waals surface area contributed by atoms with Crippen LogP contribution in [0.1, 0.15) is 39.2 Å². The van der Waals surface area contributed by atoms with Gasteiger partial charge in [0.05, 0.1) is 0 Å². The Kier molecular flexibility index (Phi) is 3.36. The minimum atomic E-state index is -0.879. The minimum absolute atomic E-state index is 0.552. The first-order valence-electron chi connectivity index (χ1n) is 9.15. The fourth-order valence-electron chi connectivity index (χ4n) is 5.08. The predicted octanol–water partition coefficient (Wildman–Crippen LogP) is 6.51. The average molecular weight is 345 g/mol. The third-order valence-corrected chi connectivity index (χ3v) is 9.87. The maximum Gasteiger partial charge on any atom is 0.0405 e. The summed E-state index contributed by atoms with van der Waals surface area (Å²) in [5.41, 5.74) is 9.20. The zero-order valence-corrected chi connectivity index (χ0v) is 15.7. The minimum Gasteiger partial charge on any atom is -0.229 e. The van der Waals surface area contributed by atoms with E-state index in [4.69, 9.17) is 0 Å². The third kappa shape index (κ3) is 2.15. The molecular formula is C24H24S. The molecule has 3 aromatic carbocycles. The summed E-state index contributed by atoms with van der Waals surface area (Å²) in [6.07, 6.45) is 7.70. The molecule has 2 aliphatic carbocycles. The molecule has 0 N–H and O–H groups in total. The van der Waals surface area contributed by atoms with E-state index in [1.54, 1.807) is 22.3 Å². The molecule has 3 aromatic rings. The van der Waals surface area contributed by atoms with E-state index in [0.29, 0.717) is 10.5 Å². The topological polar surface area (TPSA) is 0 Å². The van der Waals surface area contributed by atoms with Gasteiger partial charge in [0.25, 0.3) is 0 Å². The maximum absolute atomic E-state index is 2.57. The molecule has 0 saturated heterocycles. The van der Waals surface area contributed by atoms with Gasteiger partial charge in [-0.25, -0.2) is 10.0 Å². The smallest absolute Gasteiger partial charge is 0.0405 e. The van der Waals surface area contributed by atoms with E-state index in [9.17, 15) is 0 Å². The lowest BCUT2D eigenvalue weighted by Gasteiger charge is -2.45. The highest BCUT2D eigenvalue weighted by molar-refractivity contribution is 8.33. The van der Waals surface area contributed by atoms with Crippen molar-refractivity contribution in [2.45, 2.75) is 23.3 Å². The van der Waals surface area contributed by atoms with Gasteiger partial charge in [0, 0.05) is 10.5 Å². The molecule has 1 heteroatoms. The monoisotopic (exact) mass is 344 g/mol. The molecule has 0 saturated carbocycles. The van der Waals surface area contributed by atoms with E-state index in [1.807, 2.05) is 0 Å². The Morgan fingerprint density at radius 3 is 1.84 bits per heavy atom. The van der Waals surface area contributed by atoms with Crippen LogP contribution in [0, 0.1) is 0 Å². The summed E-state index contributed by atoms with van der Waals surface area (Å²) >= 11 is 0. The first kappa shape index (κ1) is 15.3. The van der Waals surface area contributed by atoms with E-state index < -0.39 is 10.0 Å². The van der Waals surface area contributed by atoms with E-state index in [1.165, 1.54) is 24.0 Å². The van der Waals surface area contributed by atoms with Gasteiger partial charge in [-0.15, -0.1) is 0 Å². The quantitative estimate of drug-likeness (QED) is 0.497. The largest absolute Gasteiger partial charge is 0.229 e. The maximum atomic E-state index is 2.57. The number of hydrogen-bond acceptors (Lipinski definition) is 0. The Balaban J connectivity index is 1.68. The van der Waals surface area contributed by atoms with Crippen molar-refractivity contribution in [3.05, 3.63) is 95.1 Å². The van der Waals surface area contributed by atoms with Gasteiger partial charge in [0.2, 0.25) is 0 Å². The first-order valence-corrected chi connectivity index (χ1v) is 11.7. The summed E-state index contributed by atoms with van der Waals surface area (Å²) < 4.78 is 0. The fraction of sp³-hybridized carbons (Fsp3) is 0.250. The van der Waals surface area contributed by atoms with Gasteiger partial charge in [0.1, 0.15) is 0 Å². The van der Waals surface area contributed by atoms with Crippen molar-refractivity contribution in [1.29, 1.82) is 0 Å².